The summed E-state index contributed by atoms with van der Waals surface area (Å²) >= 11 is 0. The molecular weight excluding hydrogens is 252 g/mol. The molecule has 0 saturated heterocycles. The second kappa shape index (κ2) is 7.50. The first-order chi connectivity index (χ1) is 9.74. The summed E-state index contributed by atoms with van der Waals surface area (Å²) in [4.78, 5) is 2.39. The topological polar surface area (TPSA) is 33.7 Å². The number of hydrogen-bond donors (Lipinski definition) is 1. The Bertz CT molecular complexity index is 423. The predicted molar refractivity (Wildman–Crippen MR) is 81.4 cm³/mol. The number of benzene rings is 1. The number of rotatable bonds is 8. The first kappa shape index (κ1) is 15.1. The van der Waals surface area contributed by atoms with Gasteiger partial charge >= 0.3 is 0 Å². The maximum absolute atomic E-state index is 5.45. The molecule has 0 spiro atoms. The van der Waals surface area contributed by atoms with Gasteiger partial charge in [-0.25, -0.2) is 0 Å². The highest BCUT2D eigenvalue weighted by atomic mass is 16.7. The highest BCUT2D eigenvalue weighted by Crippen LogP contribution is 2.34. The van der Waals surface area contributed by atoms with Crippen LogP contribution in [0.15, 0.2) is 18.2 Å². The van der Waals surface area contributed by atoms with Crippen molar-refractivity contribution < 1.29 is 9.47 Å². The zero-order valence-corrected chi connectivity index (χ0v) is 12.8. The van der Waals surface area contributed by atoms with Crippen molar-refractivity contribution >= 4 is 0 Å². The molecule has 0 aliphatic carbocycles. The SMILES string of the molecule is CCCCCN(C)CC(NC)c1ccc2c(c1)OCO2. The summed E-state index contributed by atoms with van der Waals surface area (Å²) in [5.74, 6) is 1.70. The second-order valence-corrected chi connectivity index (χ2v) is 5.42. The average Bonchev–Trinajstić information content (AvgIpc) is 2.92. The van der Waals surface area contributed by atoms with Crippen molar-refractivity contribution in [1.29, 1.82) is 0 Å². The van der Waals surface area contributed by atoms with Gasteiger partial charge in [-0.1, -0.05) is 25.8 Å². The lowest BCUT2D eigenvalue weighted by molar-refractivity contribution is 0.174. The third-order valence-electron chi connectivity index (χ3n) is 3.79. The zero-order valence-electron chi connectivity index (χ0n) is 12.8. The molecule has 112 valence electrons. The molecule has 20 heavy (non-hydrogen) atoms. The van der Waals surface area contributed by atoms with E-state index in [9.17, 15) is 0 Å². The predicted octanol–water partition coefficient (Wildman–Crippen LogP) is 2.80. The number of likely N-dealkylation sites (N-methyl/N-ethyl adjacent to an activating group) is 2. The lowest BCUT2D eigenvalue weighted by Crippen LogP contribution is -2.31. The Morgan fingerprint density at radius 2 is 2.05 bits per heavy atom. The zero-order chi connectivity index (χ0) is 14.4. The number of nitrogens with one attached hydrogen (secondary N) is 1. The van der Waals surface area contributed by atoms with E-state index >= 15 is 0 Å². The van der Waals surface area contributed by atoms with Gasteiger partial charge in [-0.3, -0.25) is 0 Å². The van der Waals surface area contributed by atoms with Gasteiger partial charge in [0.1, 0.15) is 0 Å². The van der Waals surface area contributed by atoms with Gasteiger partial charge in [0, 0.05) is 12.6 Å². The first-order valence-corrected chi connectivity index (χ1v) is 7.50. The highest BCUT2D eigenvalue weighted by Gasteiger charge is 2.18. The number of nitrogens with zero attached hydrogens (tertiary/aromatic N) is 1. The molecule has 4 heteroatoms. The van der Waals surface area contributed by atoms with Crippen LogP contribution < -0.4 is 14.8 Å². The van der Waals surface area contributed by atoms with E-state index in [1.807, 2.05) is 13.1 Å². The standard InChI is InChI=1S/C16H26N2O2/c1-4-5-6-9-18(3)11-14(17-2)13-7-8-15-16(10-13)20-12-19-15/h7-8,10,14,17H,4-6,9,11-12H2,1-3H3. The summed E-state index contributed by atoms with van der Waals surface area (Å²) in [6.45, 7) is 4.72. The van der Waals surface area contributed by atoms with Gasteiger partial charge in [0.2, 0.25) is 6.79 Å². The molecule has 1 aromatic carbocycles. The molecule has 0 aromatic heterocycles. The second-order valence-electron chi connectivity index (χ2n) is 5.42. The maximum Gasteiger partial charge on any atom is 0.231 e. The van der Waals surface area contributed by atoms with Crippen LogP contribution in [0.25, 0.3) is 0 Å². The first-order valence-electron chi connectivity index (χ1n) is 7.50. The minimum atomic E-state index is 0.316. The van der Waals surface area contributed by atoms with Crippen molar-refractivity contribution in [2.75, 3.05) is 34.0 Å². The van der Waals surface area contributed by atoms with E-state index in [4.69, 9.17) is 9.47 Å². The minimum absolute atomic E-state index is 0.316. The van der Waals surface area contributed by atoms with Crippen molar-refractivity contribution in [3.8, 4) is 11.5 Å². The van der Waals surface area contributed by atoms with Crippen LogP contribution in [0.2, 0.25) is 0 Å². The molecular formula is C16H26N2O2. The van der Waals surface area contributed by atoms with Crippen LogP contribution in [0.4, 0.5) is 0 Å². The number of hydrogen-bond acceptors (Lipinski definition) is 4. The maximum atomic E-state index is 5.45. The summed E-state index contributed by atoms with van der Waals surface area (Å²) in [7, 11) is 4.20. The molecule has 1 N–H and O–H groups in total. The number of ether oxygens (including phenoxy) is 2. The van der Waals surface area contributed by atoms with Gasteiger partial charge < -0.3 is 19.7 Å². The number of fused-ring (bicyclic) bond motifs is 1. The molecule has 0 saturated carbocycles. The van der Waals surface area contributed by atoms with Crippen LogP contribution in [0.1, 0.15) is 37.8 Å². The summed E-state index contributed by atoms with van der Waals surface area (Å²) in [6.07, 6.45) is 3.84. The Morgan fingerprint density at radius 3 is 2.80 bits per heavy atom. The van der Waals surface area contributed by atoms with Crippen LogP contribution in [0.5, 0.6) is 11.5 Å². The lowest BCUT2D eigenvalue weighted by Gasteiger charge is -2.24. The fourth-order valence-corrected chi connectivity index (χ4v) is 2.53. The van der Waals surface area contributed by atoms with Crippen molar-refractivity contribution in [3.05, 3.63) is 23.8 Å². The summed E-state index contributed by atoms with van der Waals surface area (Å²) in [5.41, 5.74) is 1.25. The molecule has 0 amide bonds. The van der Waals surface area contributed by atoms with Crippen LogP contribution in [0, 0.1) is 0 Å². The largest absolute Gasteiger partial charge is 0.454 e. The Labute approximate surface area is 122 Å². The van der Waals surface area contributed by atoms with Gasteiger partial charge in [-0.15, -0.1) is 0 Å². The summed E-state index contributed by atoms with van der Waals surface area (Å²) < 4.78 is 10.8. The molecule has 2 rings (SSSR count). The van der Waals surface area contributed by atoms with Crippen LogP contribution >= 0.6 is 0 Å². The van der Waals surface area contributed by atoms with Crippen LogP contribution in [-0.4, -0.2) is 38.9 Å². The van der Waals surface area contributed by atoms with E-state index in [0.717, 1.165) is 24.6 Å². The fraction of sp³-hybridized carbons (Fsp3) is 0.625. The van der Waals surface area contributed by atoms with Crippen molar-refractivity contribution in [2.45, 2.75) is 32.2 Å². The van der Waals surface area contributed by atoms with Crippen LogP contribution in [-0.2, 0) is 0 Å². The molecule has 1 atom stereocenters. The minimum Gasteiger partial charge on any atom is -0.454 e. The third-order valence-corrected chi connectivity index (χ3v) is 3.79. The Kier molecular flexibility index (Phi) is 5.68. The smallest absolute Gasteiger partial charge is 0.231 e. The van der Waals surface area contributed by atoms with E-state index < -0.39 is 0 Å². The Hall–Kier alpha value is -1.26. The molecule has 0 bridgehead atoms. The molecule has 1 aliphatic rings. The van der Waals surface area contributed by atoms with E-state index in [1.54, 1.807) is 0 Å². The monoisotopic (exact) mass is 278 g/mol. The Morgan fingerprint density at radius 1 is 1.25 bits per heavy atom. The van der Waals surface area contributed by atoms with Gasteiger partial charge in [0.25, 0.3) is 0 Å². The Balaban J connectivity index is 1.94. The normalized spacial score (nSPS) is 14.8. The summed E-state index contributed by atoms with van der Waals surface area (Å²) in [6, 6.07) is 6.52. The van der Waals surface area contributed by atoms with Gasteiger partial charge in [-0.2, -0.15) is 0 Å². The van der Waals surface area contributed by atoms with Crippen molar-refractivity contribution in [2.24, 2.45) is 0 Å². The number of unbranched alkanes of at least 4 members (excludes halogenated alkanes) is 2. The van der Waals surface area contributed by atoms with Gasteiger partial charge in [0.15, 0.2) is 11.5 Å². The van der Waals surface area contributed by atoms with E-state index in [1.165, 1.54) is 24.8 Å². The van der Waals surface area contributed by atoms with Gasteiger partial charge in [-0.05, 0) is 44.8 Å². The molecule has 4 nitrogen and oxygen atoms in total. The molecule has 1 aliphatic heterocycles. The average molecular weight is 278 g/mol. The summed E-state index contributed by atoms with van der Waals surface area (Å²) in [5, 5.41) is 3.39. The third kappa shape index (κ3) is 3.87. The molecule has 1 aromatic rings. The quantitative estimate of drug-likeness (QED) is 0.741. The molecule has 0 fully saturated rings. The highest BCUT2D eigenvalue weighted by molar-refractivity contribution is 5.45. The van der Waals surface area contributed by atoms with Crippen LogP contribution in [0.3, 0.4) is 0 Å². The molecule has 1 heterocycles. The molecule has 0 radical (unpaired) electrons. The lowest BCUT2D eigenvalue weighted by atomic mass is 10.1. The van der Waals surface area contributed by atoms with E-state index in [-0.39, 0.29) is 0 Å². The van der Waals surface area contributed by atoms with Gasteiger partial charge in [0.05, 0.1) is 0 Å². The van der Waals surface area contributed by atoms with E-state index in [0.29, 0.717) is 12.8 Å². The van der Waals surface area contributed by atoms with Crippen molar-refractivity contribution in [1.82, 2.24) is 10.2 Å². The molecule has 1 unspecified atom stereocenters. The fourth-order valence-electron chi connectivity index (χ4n) is 2.53. The van der Waals surface area contributed by atoms with E-state index in [2.05, 4.69) is 36.3 Å². The van der Waals surface area contributed by atoms with Crippen molar-refractivity contribution in [3.63, 3.8) is 0 Å².